The third kappa shape index (κ3) is 3.77. The van der Waals surface area contributed by atoms with Crippen LogP contribution in [0.1, 0.15) is 18.1 Å². The highest BCUT2D eigenvalue weighted by atomic mass is 19.4. The average molecular weight is 291 g/mol. The number of alkyl halides is 3. The molecule has 0 aliphatic heterocycles. The van der Waals surface area contributed by atoms with Gasteiger partial charge in [-0.3, -0.25) is 0 Å². The van der Waals surface area contributed by atoms with Gasteiger partial charge in [0.1, 0.15) is 0 Å². The minimum Gasteiger partial charge on any atom is -0.409 e. The summed E-state index contributed by atoms with van der Waals surface area (Å²) in [5, 5.41) is 20.5. The highest BCUT2D eigenvalue weighted by Crippen LogP contribution is 2.33. The molecule has 0 saturated heterocycles. The number of amidine groups is 1. The summed E-state index contributed by atoms with van der Waals surface area (Å²) in [5.74, 6) is -0.621. The molecule has 0 spiro atoms. The quantitative estimate of drug-likeness (QED) is 0.341. The number of aliphatic hydroxyl groups excluding tert-OH is 1. The van der Waals surface area contributed by atoms with Crippen LogP contribution in [0.2, 0.25) is 0 Å². The van der Waals surface area contributed by atoms with Gasteiger partial charge in [0.2, 0.25) is 0 Å². The minimum atomic E-state index is -4.61. The van der Waals surface area contributed by atoms with Crippen LogP contribution < -0.4 is 10.6 Å². The van der Waals surface area contributed by atoms with Crippen LogP contribution in [-0.2, 0) is 6.18 Å². The Bertz CT molecular complexity index is 501. The number of halogens is 3. The number of nitrogens with zero attached hydrogens (tertiary/aromatic N) is 2. The lowest BCUT2D eigenvalue weighted by molar-refractivity contribution is -0.137. The summed E-state index contributed by atoms with van der Waals surface area (Å²) in [4.78, 5) is 1.57. The monoisotopic (exact) mass is 291 g/mol. The van der Waals surface area contributed by atoms with Crippen LogP contribution in [-0.4, -0.2) is 35.8 Å². The lowest BCUT2D eigenvalue weighted by Crippen LogP contribution is -2.28. The molecule has 4 N–H and O–H groups in total. The molecule has 1 aromatic rings. The fourth-order valence-electron chi connectivity index (χ4n) is 1.78. The van der Waals surface area contributed by atoms with Crippen molar-refractivity contribution in [1.29, 1.82) is 0 Å². The van der Waals surface area contributed by atoms with Crippen LogP contribution in [0.25, 0.3) is 0 Å². The summed E-state index contributed by atoms with van der Waals surface area (Å²) < 4.78 is 38.5. The Labute approximate surface area is 114 Å². The minimum absolute atomic E-state index is 0.237. The standard InChI is InChI=1S/C12H16F3N3O2/c1-7(19)6-18(2)8-3-4-10(12(13,14)15)9(5-8)11(16)17-20/h3-5,7,19-20H,6H2,1-2H3,(H2,16,17). The molecule has 0 bridgehead atoms. The fraction of sp³-hybridized carbons (Fsp3) is 0.417. The van der Waals surface area contributed by atoms with Crippen molar-refractivity contribution in [2.45, 2.75) is 19.2 Å². The topological polar surface area (TPSA) is 82.1 Å². The van der Waals surface area contributed by atoms with Crippen molar-refractivity contribution in [1.82, 2.24) is 0 Å². The Kier molecular flexibility index (Phi) is 4.83. The third-order valence-corrected chi connectivity index (χ3v) is 2.67. The molecule has 0 amide bonds. The summed E-state index contributed by atoms with van der Waals surface area (Å²) in [7, 11) is 1.62. The molecule has 112 valence electrons. The molecule has 0 fully saturated rings. The smallest absolute Gasteiger partial charge is 0.409 e. The lowest BCUT2D eigenvalue weighted by Gasteiger charge is -2.22. The van der Waals surface area contributed by atoms with Crippen molar-refractivity contribution in [3.8, 4) is 0 Å². The van der Waals surface area contributed by atoms with Crippen molar-refractivity contribution in [3.63, 3.8) is 0 Å². The van der Waals surface area contributed by atoms with Gasteiger partial charge in [-0.25, -0.2) is 0 Å². The second-order valence-corrected chi connectivity index (χ2v) is 4.44. The van der Waals surface area contributed by atoms with E-state index in [4.69, 9.17) is 10.9 Å². The van der Waals surface area contributed by atoms with Crippen molar-refractivity contribution in [2.75, 3.05) is 18.5 Å². The number of hydrogen-bond acceptors (Lipinski definition) is 4. The number of benzene rings is 1. The van der Waals surface area contributed by atoms with E-state index in [1.165, 1.54) is 12.1 Å². The first-order chi connectivity index (χ1) is 9.16. The SMILES string of the molecule is CC(O)CN(C)c1ccc(C(F)(F)F)c(/C(N)=N/O)c1. The van der Waals surface area contributed by atoms with E-state index in [1.807, 2.05) is 0 Å². The number of aliphatic hydroxyl groups is 1. The summed E-state index contributed by atoms with van der Waals surface area (Å²) in [6.07, 6.45) is -5.25. The molecule has 0 heterocycles. The van der Waals surface area contributed by atoms with Crippen LogP contribution >= 0.6 is 0 Å². The van der Waals surface area contributed by atoms with Crippen LogP contribution in [0.3, 0.4) is 0 Å². The summed E-state index contributed by atoms with van der Waals surface area (Å²) in [6.45, 7) is 1.80. The van der Waals surface area contributed by atoms with Crippen molar-refractivity contribution >= 4 is 11.5 Å². The first-order valence-electron chi connectivity index (χ1n) is 5.75. The van der Waals surface area contributed by atoms with E-state index in [0.29, 0.717) is 5.69 Å². The number of hydrogen-bond donors (Lipinski definition) is 3. The lowest BCUT2D eigenvalue weighted by atomic mass is 10.0. The second-order valence-electron chi connectivity index (χ2n) is 4.44. The van der Waals surface area contributed by atoms with E-state index >= 15 is 0 Å². The van der Waals surface area contributed by atoms with Gasteiger partial charge in [0, 0.05) is 24.8 Å². The normalized spacial score (nSPS) is 14.2. The van der Waals surface area contributed by atoms with E-state index in [1.54, 1.807) is 18.9 Å². The van der Waals surface area contributed by atoms with Crippen molar-refractivity contribution in [3.05, 3.63) is 29.3 Å². The van der Waals surface area contributed by atoms with E-state index in [2.05, 4.69) is 5.16 Å². The molecule has 20 heavy (non-hydrogen) atoms. The number of likely N-dealkylation sites (N-methyl/N-ethyl adjacent to an activating group) is 1. The van der Waals surface area contributed by atoms with E-state index in [-0.39, 0.29) is 6.54 Å². The first kappa shape index (κ1) is 16.1. The molecule has 0 aliphatic carbocycles. The van der Waals surface area contributed by atoms with Gasteiger partial charge >= 0.3 is 6.18 Å². The molecule has 0 aromatic heterocycles. The zero-order chi connectivity index (χ0) is 15.5. The maximum atomic E-state index is 12.8. The van der Waals surface area contributed by atoms with Gasteiger partial charge in [0.05, 0.1) is 11.7 Å². The van der Waals surface area contributed by atoms with Gasteiger partial charge in [-0.05, 0) is 25.1 Å². The summed E-state index contributed by atoms with van der Waals surface area (Å²) >= 11 is 0. The maximum absolute atomic E-state index is 12.8. The molecular weight excluding hydrogens is 275 g/mol. The molecule has 0 aliphatic rings. The predicted molar refractivity (Wildman–Crippen MR) is 68.9 cm³/mol. The van der Waals surface area contributed by atoms with Gasteiger partial charge < -0.3 is 20.9 Å². The number of anilines is 1. The van der Waals surface area contributed by atoms with Gasteiger partial charge in [-0.1, -0.05) is 5.16 Å². The van der Waals surface area contributed by atoms with Crippen molar-refractivity contribution in [2.24, 2.45) is 10.9 Å². The van der Waals surface area contributed by atoms with Gasteiger partial charge in [0.15, 0.2) is 5.84 Å². The highest BCUT2D eigenvalue weighted by molar-refractivity contribution is 5.99. The van der Waals surface area contributed by atoms with Gasteiger partial charge in [-0.2, -0.15) is 13.2 Å². The largest absolute Gasteiger partial charge is 0.417 e. The fourth-order valence-corrected chi connectivity index (χ4v) is 1.78. The molecule has 1 rings (SSSR count). The molecule has 0 radical (unpaired) electrons. The van der Waals surface area contributed by atoms with E-state index in [0.717, 1.165) is 6.07 Å². The third-order valence-electron chi connectivity index (χ3n) is 2.67. The summed E-state index contributed by atoms with van der Waals surface area (Å²) in [6, 6.07) is 3.29. The Hall–Kier alpha value is -1.96. The molecule has 1 unspecified atom stereocenters. The predicted octanol–water partition coefficient (Wildman–Crippen LogP) is 1.62. The Balaban J connectivity index is 3.28. The molecule has 5 nitrogen and oxygen atoms in total. The number of oxime groups is 1. The van der Waals surface area contributed by atoms with Crippen LogP contribution in [0.5, 0.6) is 0 Å². The number of rotatable bonds is 4. The molecule has 1 atom stereocenters. The van der Waals surface area contributed by atoms with Gasteiger partial charge in [0.25, 0.3) is 0 Å². The van der Waals surface area contributed by atoms with Gasteiger partial charge in [-0.15, -0.1) is 0 Å². The molecule has 1 aromatic carbocycles. The van der Waals surface area contributed by atoms with Crippen LogP contribution in [0.4, 0.5) is 18.9 Å². The molecular formula is C12H16F3N3O2. The van der Waals surface area contributed by atoms with E-state index < -0.39 is 29.2 Å². The maximum Gasteiger partial charge on any atom is 0.417 e. The Morgan fingerprint density at radius 3 is 2.50 bits per heavy atom. The second kappa shape index (κ2) is 6.00. The zero-order valence-corrected chi connectivity index (χ0v) is 11.0. The Morgan fingerprint density at radius 2 is 2.05 bits per heavy atom. The van der Waals surface area contributed by atoms with Crippen molar-refractivity contribution < 1.29 is 23.5 Å². The van der Waals surface area contributed by atoms with Crippen LogP contribution in [0, 0.1) is 0 Å². The molecule has 0 saturated carbocycles. The first-order valence-corrected chi connectivity index (χ1v) is 5.75. The highest BCUT2D eigenvalue weighted by Gasteiger charge is 2.34. The zero-order valence-electron chi connectivity index (χ0n) is 11.0. The summed E-state index contributed by atoms with van der Waals surface area (Å²) in [5.41, 5.74) is 4.32. The van der Waals surface area contributed by atoms with Crippen LogP contribution in [0.15, 0.2) is 23.4 Å². The molecule has 8 heteroatoms. The number of nitrogens with two attached hydrogens (primary N) is 1. The van der Waals surface area contributed by atoms with E-state index in [9.17, 15) is 18.3 Å². The average Bonchev–Trinajstić information content (AvgIpc) is 2.35. The Morgan fingerprint density at radius 1 is 1.45 bits per heavy atom.